The van der Waals surface area contributed by atoms with Crippen molar-refractivity contribution in [3.8, 4) is 17.2 Å². The lowest BCUT2D eigenvalue weighted by Gasteiger charge is -2.39. The van der Waals surface area contributed by atoms with Crippen molar-refractivity contribution >= 4 is 11.8 Å². The molecule has 0 spiro atoms. The van der Waals surface area contributed by atoms with Crippen LogP contribution in [0, 0.1) is 5.41 Å². The molecule has 2 aliphatic rings. The lowest BCUT2D eigenvalue weighted by Crippen LogP contribution is -2.39. The molecule has 0 bridgehead atoms. The van der Waals surface area contributed by atoms with E-state index in [1.165, 1.54) is 21.3 Å². The molecule has 7 heteroatoms. The van der Waals surface area contributed by atoms with E-state index in [0.717, 1.165) is 5.70 Å². The van der Waals surface area contributed by atoms with Gasteiger partial charge in [0.2, 0.25) is 5.75 Å². The normalized spacial score (nSPS) is 20.0. The number of carbonyl (C=O) groups is 2. The van der Waals surface area contributed by atoms with Gasteiger partial charge in [-0.05, 0) is 50.3 Å². The highest BCUT2D eigenvalue weighted by Crippen LogP contribution is 2.49. The second-order valence-corrected chi connectivity index (χ2v) is 9.34. The zero-order valence-electron chi connectivity index (χ0n) is 20.2. The summed E-state index contributed by atoms with van der Waals surface area (Å²) in [5.41, 5.74) is 3.08. The number of allylic oxidation sites excluding steroid dienone is 3. The smallest absolute Gasteiger partial charge is 0.337 e. The van der Waals surface area contributed by atoms with Crippen molar-refractivity contribution in [1.29, 1.82) is 0 Å². The Hall–Kier alpha value is -2.96. The number of hydrogen-bond acceptors (Lipinski definition) is 7. The molecule has 0 aromatic heterocycles. The Morgan fingerprint density at radius 2 is 1.66 bits per heavy atom. The fourth-order valence-corrected chi connectivity index (χ4v) is 4.59. The molecule has 0 saturated carbocycles. The number of hydrogen-bond donors (Lipinski definition) is 1. The van der Waals surface area contributed by atoms with E-state index in [0.29, 0.717) is 52.5 Å². The number of dihydropyridines is 1. The third-order valence-electron chi connectivity index (χ3n) is 5.82. The lowest BCUT2D eigenvalue weighted by molar-refractivity contribution is -0.143. The van der Waals surface area contributed by atoms with Crippen LogP contribution >= 0.6 is 0 Å². The highest BCUT2D eigenvalue weighted by molar-refractivity contribution is 6.04. The van der Waals surface area contributed by atoms with Crippen LogP contribution in [0.25, 0.3) is 0 Å². The minimum absolute atomic E-state index is 0.0184. The fraction of sp³-hybridized carbons (Fsp3) is 0.520. The Bertz CT molecular complexity index is 977. The van der Waals surface area contributed by atoms with Crippen LogP contribution in [0.5, 0.6) is 17.2 Å². The summed E-state index contributed by atoms with van der Waals surface area (Å²) in [5.74, 6) is 0.332. The minimum Gasteiger partial charge on any atom is -0.493 e. The molecule has 0 unspecified atom stereocenters. The Morgan fingerprint density at radius 3 is 2.16 bits per heavy atom. The summed E-state index contributed by atoms with van der Waals surface area (Å²) in [6.07, 6.45) is 0.818. The molecule has 1 aliphatic heterocycles. The maximum Gasteiger partial charge on any atom is 0.337 e. The van der Waals surface area contributed by atoms with Crippen LogP contribution in [-0.4, -0.2) is 39.2 Å². The van der Waals surface area contributed by atoms with Gasteiger partial charge in [-0.25, -0.2) is 4.79 Å². The first-order valence-corrected chi connectivity index (χ1v) is 10.8. The molecule has 1 aliphatic carbocycles. The van der Waals surface area contributed by atoms with E-state index in [9.17, 15) is 9.59 Å². The predicted molar refractivity (Wildman–Crippen MR) is 121 cm³/mol. The van der Waals surface area contributed by atoms with Gasteiger partial charge in [-0.1, -0.05) is 13.8 Å². The highest BCUT2D eigenvalue weighted by Gasteiger charge is 2.43. The van der Waals surface area contributed by atoms with Gasteiger partial charge in [-0.15, -0.1) is 0 Å². The average Bonchev–Trinajstić information content (AvgIpc) is 2.69. The maximum atomic E-state index is 13.4. The molecule has 174 valence electrons. The Labute approximate surface area is 189 Å². The summed E-state index contributed by atoms with van der Waals surface area (Å²) in [6, 6.07) is 3.59. The Morgan fingerprint density at radius 1 is 1.06 bits per heavy atom. The molecule has 0 fully saturated rings. The monoisotopic (exact) mass is 443 g/mol. The molecule has 7 nitrogen and oxygen atoms in total. The van der Waals surface area contributed by atoms with E-state index >= 15 is 0 Å². The second-order valence-electron chi connectivity index (χ2n) is 9.34. The first-order valence-electron chi connectivity index (χ1n) is 10.8. The molecule has 1 aromatic carbocycles. The first kappa shape index (κ1) is 23.7. The number of methoxy groups -OCH3 is 3. The fourth-order valence-electron chi connectivity index (χ4n) is 4.59. The topological polar surface area (TPSA) is 83.1 Å². The number of rotatable bonds is 6. The predicted octanol–water partition coefficient (Wildman–Crippen LogP) is 4.27. The zero-order chi connectivity index (χ0) is 23.8. The number of esters is 1. The third kappa shape index (κ3) is 4.33. The third-order valence-corrected chi connectivity index (χ3v) is 5.82. The van der Waals surface area contributed by atoms with Crippen LogP contribution < -0.4 is 19.5 Å². The first-order chi connectivity index (χ1) is 15.0. The van der Waals surface area contributed by atoms with Crippen LogP contribution in [-0.2, 0) is 14.3 Å². The van der Waals surface area contributed by atoms with Gasteiger partial charge in [0.05, 0.1) is 33.0 Å². The summed E-state index contributed by atoms with van der Waals surface area (Å²) in [5, 5.41) is 3.34. The lowest BCUT2D eigenvalue weighted by atomic mass is 9.68. The van der Waals surface area contributed by atoms with Crippen molar-refractivity contribution in [3.63, 3.8) is 0 Å². The van der Waals surface area contributed by atoms with Gasteiger partial charge < -0.3 is 24.3 Å². The van der Waals surface area contributed by atoms with E-state index in [1.54, 1.807) is 26.0 Å². The van der Waals surface area contributed by atoms with Crippen molar-refractivity contribution in [1.82, 2.24) is 5.32 Å². The summed E-state index contributed by atoms with van der Waals surface area (Å²) in [4.78, 5) is 26.6. The van der Waals surface area contributed by atoms with Gasteiger partial charge >= 0.3 is 5.97 Å². The SMILES string of the molecule is COc1cc([C@H]2C(C(=O)OC(C)C)=C(C)NC3=C2C(=O)CC(C)(C)C3)cc(OC)c1OC. The number of ketones is 1. The molecule has 32 heavy (non-hydrogen) atoms. The van der Waals surface area contributed by atoms with E-state index in [4.69, 9.17) is 18.9 Å². The van der Waals surface area contributed by atoms with Crippen molar-refractivity contribution in [3.05, 3.63) is 40.2 Å². The maximum absolute atomic E-state index is 13.4. The molecular weight excluding hydrogens is 410 g/mol. The van der Waals surface area contributed by atoms with E-state index in [2.05, 4.69) is 19.2 Å². The van der Waals surface area contributed by atoms with Crippen LogP contribution in [0.4, 0.5) is 0 Å². The van der Waals surface area contributed by atoms with E-state index in [1.807, 2.05) is 6.92 Å². The summed E-state index contributed by atoms with van der Waals surface area (Å²) < 4.78 is 22.1. The molecule has 1 aromatic rings. The van der Waals surface area contributed by atoms with Crippen LogP contribution in [0.3, 0.4) is 0 Å². The molecule has 1 heterocycles. The van der Waals surface area contributed by atoms with Gasteiger partial charge in [0.15, 0.2) is 17.3 Å². The standard InChI is InChI=1S/C25H33NO6/c1-13(2)32-24(28)20-14(3)26-16-11-25(4,5)12-17(27)22(16)21(20)15-9-18(29-6)23(31-8)19(10-15)30-7/h9-10,13,21,26H,11-12H2,1-8H3/t21-/m0/s1. The summed E-state index contributed by atoms with van der Waals surface area (Å²) >= 11 is 0. The van der Waals surface area contributed by atoms with Crippen LogP contribution in [0.1, 0.15) is 58.9 Å². The van der Waals surface area contributed by atoms with Gasteiger partial charge in [0, 0.05) is 29.3 Å². The van der Waals surface area contributed by atoms with Crippen LogP contribution in [0.2, 0.25) is 0 Å². The van der Waals surface area contributed by atoms with Gasteiger partial charge in [0.25, 0.3) is 0 Å². The van der Waals surface area contributed by atoms with E-state index in [-0.39, 0.29) is 17.3 Å². The summed E-state index contributed by atoms with van der Waals surface area (Å²) in [6.45, 7) is 9.60. The quantitative estimate of drug-likeness (QED) is 0.658. The molecule has 1 atom stereocenters. The molecule has 1 N–H and O–H groups in total. The molecule has 0 amide bonds. The Kier molecular flexibility index (Phi) is 6.58. The van der Waals surface area contributed by atoms with Gasteiger partial charge in [-0.2, -0.15) is 0 Å². The number of Topliss-reactive ketones (excluding diaryl/α,β-unsaturated/α-hetero) is 1. The van der Waals surface area contributed by atoms with Crippen LogP contribution in [0.15, 0.2) is 34.7 Å². The summed E-state index contributed by atoms with van der Waals surface area (Å²) in [7, 11) is 4.61. The van der Waals surface area contributed by atoms with Crippen molar-refractivity contribution < 1.29 is 28.5 Å². The average molecular weight is 444 g/mol. The molecule has 0 saturated heterocycles. The van der Waals surface area contributed by atoms with Gasteiger partial charge in [-0.3, -0.25) is 4.79 Å². The second kappa shape index (κ2) is 8.88. The van der Waals surface area contributed by atoms with Gasteiger partial charge in [0.1, 0.15) is 0 Å². The van der Waals surface area contributed by atoms with E-state index < -0.39 is 11.9 Å². The van der Waals surface area contributed by atoms with Crippen molar-refractivity contribution in [2.45, 2.75) is 59.5 Å². The highest BCUT2D eigenvalue weighted by atomic mass is 16.5. The van der Waals surface area contributed by atoms with Crippen molar-refractivity contribution in [2.24, 2.45) is 5.41 Å². The minimum atomic E-state index is -0.602. The Balaban J connectivity index is 2.27. The number of benzene rings is 1. The number of carbonyl (C=O) groups excluding carboxylic acids is 2. The molecule has 3 rings (SSSR count). The largest absolute Gasteiger partial charge is 0.493 e. The molecule has 0 radical (unpaired) electrons. The molecular formula is C25H33NO6. The zero-order valence-corrected chi connectivity index (χ0v) is 20.2. The number of nitrogens with one attached hydrogen (secondary N) is 1. The van der Waals surface area contributed by atoms with Crippen molar-refractivity contribution in [2.75, 3.05) is 21.3 Å². The number of ether oxygens (including phenoxy) is 4.